The van der Waals surface area contributed by atoms with E-state index >= 15 is 0 Å². The zero-order valence-electron chi connectivity index (χ0n) is 21.4. The number of hydrogen-bond donors (Lipinski definition) is 2. The monoisotopic (exact) mass is 487 g/mol. The van der Waals surface area contributed by atoms with Gasteiger partial charge in [0.2, 0.25) is 5.82 Å². The molecule has 190 valence electrons. The van der Waals surface area contributed by atoms with E-state index in [1.54, 1.807) is 0 Å². The van der Waals surface area contributed by atoms with Crippen LogP contribution in [0.2, 0.25) is 0 Å². The van der Waals surface area contributed by atoms with Crippen molar-refractivity contribution in [2.24, 2.45) is 17.8 Å². The lowest BCUT2D eigenvalue weighted by Crippen LogP contribution is -2.31. The van der Waals surface area contributed by atoms with Gasteiger partial charge in [-0.1, -0.05) is 56.5 Å². The predicted octanol–water partition coefficient (Wildman–Crippen LogP) is 6.03. The summed E-state index contributed by atoms with van der Waals surface area (Å²) in [6.07, 6.45) is 10.7. The van der Waals surface area contributed by atoms with Gasteiger partial charge in [-0.05, 0) is 68.8 Å². The number of carboxylic acids is 1. The smallest absolute Gasteiger partial charge is 0.374 e. The lowest BCUT2D eigenvalue weighted by atomic mass is 9.80. The average molecular weight is 488 g/mol. The summed E-state index contributed by atoms with van der Waals surface area (Å²) in [7, 11) is 0. The Morgan fingerprint density at radius 3 is 2.42 bits per heavy atom. The summed E-state index contributed by atoms with van der Waals surface area (Å²) in [5, 5.41) is 13.4. The van der Waals surface area contributed by atoms with Crippen molar-refractivity contribution in [3.8, 4) is 0 Å². The molecule has 3 aliphatic carbocycles. The minimum atomic E-state index is -1.11. The first kappa shape index (κ1) is 23.4. The predicted molar refractivity (Wildman–Crippen MR) is 140 cm³/mol. The van der Waals surface area contributed by atoms with Crippen molar-refractivity contribution < 1.29 is 9.90 Å². The van der Waals surface area contributed by atoms with E-state index in [0.29, 0.717) is 23.3 Å². The second kappa shape index (κ2) is 9.16. The highest BCUT2D eigenvalue weighted by molar-refractivity contribution is 5.91. The summed E-state index contributed by atoms with van der Waals surface area (Å²) in [4.78, 5) is 26.1. The fourth-order valence-electron chi connectivity index (χ4n) is 6.34. The Kier molecular flexibility index (Phi) is 5.97. The molecule has 0 amide bonds. The highest BCUT2D eigenvalue weighted by Gasteiger charge is 2.50. The first-order valence-corrected chi connectivity index (χ1v) is 13.8. The van der Waals surface area contributed by atoms with Crippen molar-refractivity contribution in [1.82, 2.24) is 19.5 Å². The molecule has 1 aromatic carbocycles. The lowest BCUT2D eigenvalue weighted by molar-refractivity contribution is 0.0684. The maximum Gasteiger partial charge on any atom is 0.374 e. The maximum absolute atomic E-state index is 12.0. The van der Waals surface area contributed by atoms with Gasteiger partial charge >= 0.3 is 5.97 Å². The summed E-state index contributed by atoms with van der Waals surface area (Å²) >= 11 is 0. The Labute approximate surface area is 212 Å². The molecule has 2 N–H and O–H groups in total. The number of hydrogen-bond acceptors (Lipinski definition) is 5. The Hall–Kier alpha value is -2.96. The molecule has 6 rings (SSSR count). The van der Waals surface area contributed by atoms with Gasteiger partial charge in [-0.2, -0.15) is 0 Å². The number of aromatic nitrogens is 4. The first-order valence-electron chi connectivity index (χ1n) is 13.8. The third kappa shape index (κ3) is 4.16. The van der Waals surface area contributed by atoms with Crippen LogP contribution in [-0.2, 0) is 12.0 Å². The molecule has 0 saturated heterocycles. The van der Waals surface area contributed by atoms with Crippen LogP contribution in [-0.4, -0.2) is 36.6 Å². The molecule has 0 aliphatic heterocycles. The van der Waals surface area contributed by atoms with Crippen molar-refractivity contribution >= 4 is 23.0 Å². The number of nitrogens with zero attached hydrogens (tertiary/aromatic N) is 4. The number of benzene rings is 1. The third-order valence-electron chi connectivity index (χ3n) is 9.10. The Morgan fingerprint density at radius 2 is 1.81 bits per heavy atom. The molecule has 0 radical (unpaired) electrons. The Morgan fingerprint density at radius 1 is 1.08 bits per heavy atom. The fourth-order valence-corrected chi connectivity index (χ4v) is 6.34. The second-order valence-electron chi connectivity index (χ2n) is 11.6. The van der Waals surface area contributed by atoms with Gasteiger partial charge in [-0.15, -0.1) is 0 Å². The molecule has 3 aliphatic rings. The molecule has 3 saturated carbocycles. The van der Waals surface area contributed by atoms with Crippen LogP contribution in [0.4, 0.5) is 5.82 Å². The van der Waals surface area contributed by atoms with Crippen molar-refractivity contribution in [2.75, 3.05) is 5.32 Å². The average Bonchev–Trinajstić information content (AvgIpc) is 3.56. The number of anilines is 1. The minimum absolute atomic E-state index is 0.135. The number of imidazole rings is 1. The van der Waals surface area contributed by atoms with Gasteiger partial charge in [0.15, 0.2) is 11.5 Å². The topological polar surface area (TPSA) is 92.9 Å². The molecular formula is C29H37N5O2. The molecule has 7 heteroatoms. The molecule has 2 aromatic heterocycles. The van der Waals surface area contributed by atoms with E-state index in [0.717, 1.165) is 36.6 Å². The van der Waals surface area contributed by atoms with Crippen LogP contribution in [0.1, 0.15) is 93.6 Å². The van der Waals surface area contributed by atoms with Gasteiger partial charge in [-0.25, -0.2) is 19.7 Å². The van der Waals surface area contributed by atoms with E-state index in [-0.39, 0.29) is 17.3 Å². The summed E-state index contributed by atoms with van der Waals surface area (Å²) in [6, 6.07) is 10.9. The number of carbonyl (C=O) groups is 1. The molecule has 0 bridgehead atoms. The Bertz CT molecular complexity index is 1250. The second-order valence-corrected chi connectivity index (χ2v) is 11.6. The van der Waals surface area contributed by atoms with Gasteiger partial charge in [0.25, 0.3) is 0 Å². The zero-order chi connectivity index (χ0) is 24.9. The summed E-state index contributed by atoms with van der Waals surface area (Å²) in [6.45, 7) is 5.43. The van der Waals surface area contributed by atoms with Gasteiger partial charge < -0.3 is 15.0 Å². The van der Waals surface area contributed by atoms with Gasteiger partial charge in [0.05, 0.1) is 5.41 Å². The van der Waals surface area contributed by atoms with Crippen molar-refractivity contribution in [3.63, 3.8) is 0 Å². The molecule has 0 spiro atoms. The zero-order valence-corrected chi connectivity index (χ0v) is 21.4. The van der Waals surface area contributed by atoms with E-state index in [1.807, 2.05) is 0 Å². The van der Waals surface area contributed by atoms with Crippen LogP contribution in [0.25, 0.3) is 11.2 Å². The van der Waals surface area contributed by atoms with Crippen molar-refractivity contribution in [2.45, 2.75) is 89.6 Å². The fraction of sp³-hybridized carbons (Fsp3) is 0.586. The van der Waals surface area contributed by atoms with Gasteiger partial charge in [0, 0.05) is 12.6 Å². The number of carboxylic acid groups (broad SMARTS) is 1. The Balaban J connectivity index is 1.50. The summed E-state index contributed by atoms with van der Waals surface area (Å²) < 4.78 is 2.37. The highest BCUT2D eigenvalue weighted by atomic mass is 16.4. The number of nitrogens with one attached hydrogen (secondary N) is 1. The number of aromatic carboxylic acids is 1. The maximum atomic E-state index is 12.0. The van der Waals surface area contributed by atoms with E-state index < -0.39 is 5.97 Å². The largest absolute Gasteiger partial charge is 0.475 e. The molecule has 3 aromatic rings. The van der Waals surface area contributed by atoms with Crippen LogP contribution < -0.4 is 5.32 Å². The third-order valence-corrected chi connectivity index (χ3v) is 9.10. The normalized spacial score (nSPS) is 24.3. The molecule has 1 atom stereocenters. The number of fused-ring (bicyclic) bond motifs is 1. The van der Waals surface area contributed by atoms with Crippen molar-refractivity contribution in [3.05, 3.63) is 47.5 Å². The van der Waals surface area contributed by atoms with Crippen LogP contribution in [0.15, 0.2) is 30.3 Å². The number of rotatable bonds is 8. The minimum Gasteiger partial charge on any atom is -0.475 e. The quantitative estimate of drug-likeness (QED) is 0.403. The van der Waals surface area contributed by atoms with E-state index in [1.165, 1.54) is 50.5 Å². The van der Waals surface area contributed by atoms with Gasteiger partial charge in [0.1, 0.15) is 11.3 Å². The van der Waals surface area contributed by atoms with Crippen LogP contribution in [0.5, 0.6) is 0 Å². The standard InChI is InChI=1S/C29H37N5O2/c1-18-11-13-20(14-12-18)17-34-23-24(30-19(2)21-7-6-8-21)31-26(27(35)36)32-25(23)33-28(34)29(15-16-29)22-9-4-3-5-10-22/h3-5,9-10,18-21H,6-8,11-17H2,1-2H3,(H,35,36)(H,30,31,32)/t18-,19-,20-/m1/s1. The summed E-state index contributed by atoms with van der Waals surface area (Å²) in [5.74, 6) is 2.33. The first-order chi connectivity index (χ1) is 17.4. The molecule has 36 heavy (non-hydrogen) atoms. The molecular weight excluding hydrogens is 450 g/mol. The van der Waals surface area contributed by atoms with Gasteiger partial charge in [-0.3, -0.25) is 0 Å². The highest BCUT2D eigenvalue weighted by Crippen LogP contribution is 2.54. The van der Waals surface area contributed by atoms with E-state index in [2.05, 4.69) is 64.0 Å². The van der Waals surface area contributed by atoms with E-state index in [9.17, 15) is 9.90 Å². The molecule has 3 fully saturated rings. The van der Waals surface area contributed by atoms with Crippen LogP contribution in [0, 0.1) is 17.8 Å². The van der Waals surface area contributed by atoms with Crippen LogP contribution >= 0.6 is 0 Å². The van der Waals surface area contributed by atoms with E-state index in [4.69, 9.17) is 4.98 Å². The van der Waals surface area contributed by atoms with Crippen LogP contribution in [0.3, 0.4) is 0 Å². The summed E-state index contributed by atoms with van der Waals surface area (Å²) in [5.41, 5.74) is 2.53. The SMILES string of the molecule is C[C@@H](Nc1nc(C(=O)O)nc2nc(C3(c4ccccc4)CC3)n(C[C@H]3CC[C@H](C)CC3)c12)C1CCC1. The molecule has 0 unspecified atom stereocenters. The van der Waals surface area contributed by atoms with Crippen molar-refractivity contribution in [1.29, 1.82) is 0 Å². The lowest BCUT2D eigenvalue weighted by Gasteiger charge is -2.32. The molecule has 2 heterocycles. The molecule has 7 nitrogen and oxygen atoms in total.